The summed E-state index contributed by atoms with van der Waals surface area (Å²) in [6.45, 7) is 2.06. The zero-order valence-corrected chi connectivity index (χ0v) is 17.6. The van der Waals surface area contributed by atoms with Crippen LogP contribution in [-0.4, -0.2) is 31.7 Å². The summed E-state index contributed by atoms with van der Waals surface area (Å²) in [6.07, 6.45) is -3.70. The van der Waals surface area contributed by atoms with Crippen molar-refractivity contribution >= 4 is 33.2 Å². The third-order valence-electron chi connectivity index (χ3n) is 4.97. The number of alkyl halides is 3. The van der Waals surface area contributed by atoms with Crippen LogP contribution in [0.4, 0.5) is 18.9 Å². The van der Waals surface area contributed by atoms with Gasteiger partial charge in [-0.05, 0) is 50.1 Å². The molecule has 2 aromatic carbocycles. The molecule has 5 nitrogen and oxygen atoms in total. The van der Waals surface area contributed by atoms with Crippen molar-refractivity contribution in [2.24, 2.45) is 5.92 Å². The Morgan fingerprint density at radius 3 is 2.47 bits per heavy atom. The molecule has 0 aliphatic carbocycles. The van der Waals surface area contributed by atoms with Gasteiger partial charge in [-0.15, -0.1) is 0 Å². The minimum atomic E-state index is -4.58. The van der Waals surface area contributed by atoms with E-state index in [4.69, 9.17) is 11.6 Å². The molecular formula is C20H20ClF3N2O3S. The maximum absolute atomic E-state index is 12.9. The fourth-order valence-electron chi connectivity index (χ4n) is 3.27. The molecule has 1 aliphatic rings. The Morgan fingerprint density at radius 1 is 1.17 bits per heavy atom. The number of sulfonamides is 1. The van der Waals surface area contributed by atoms with Gasteiger partial charge in [-0.25, -0.2) is 8.42 Å². The van der Waals surface area contributed by atoms with E-state index in [1.807, 2.05) is 6.92 Å². The number of halogens is 4. The van der Waals surface area contributed by atoms with Crippen LogP contribution in [-0.2, 0) is 21.0 Å². The third kappa shape index (κ3) is 4.96. The number of carbonyl (C=O) groups is 1. The van der Waals surface area contributed by atoms with Crippen molar-refractivity contribution in [3.05, 3.63) is 58.6 Å². The SMILES string of the molecule is Cc1ccc(S(=O)(=O)N2CCC[C@H](C(=O)Nc3cc(C(F)(F)F)ccc3Cl)C2)cc1. The molecule has 2 aromatic rings. The molecule has 1 fully saturated rings. The molecule has 0 unspecified atom stereocenters. The van der Waals surface area contributed by atoms with Gasteiger partial charge in [0.05, 0.1) is 27.1 Å². The topological polar surface area (TPSA) is 66.5 Å². The molecule has 1 heterocycles. The van der Waals surface area contributed by atoms with Crippen LogP contribution >= 0.6 is 11.6 Å². The van der Waals surface area contributed by atoms with Crippen molar-refractivity contribution in [2.75, 3.05) is 18.4 Å². The molecule has 1 saturated heterocycles. The van der Waals surface area contributed by atoms with Crippen molar-refractivity contribution in [1.82, 2.24) is 4.31 Å². The van der Waals surface area contributed by atoms with Gasteiger partial charge in [0.15, 0.2) is 0 Å². The van der Waals surface area contributed by atoms with E-state index in [1.165, 1.54) is 16.4 Å². The molecule has 0 bridgehead atoms. The van der Waals surface area contributed by atoms with E-state index in [0.717, 1.165) is 23.8 Å². The summed E-state index contributed by atoms with van der Waals surface area (Å²) in [7, 11) is -3.77. The first-order chi connectivity index (χ1) is 14.0. The predicted octanol–water partition coefficient (Wildman–Crippen LogP) is 4.71. The van der Waals surface area contributed by atoms with E-state index in [1.54, 1.807) is 12.1 Å². The zero-order valence-electron chi connectivity index (χ0n) is 16.0. The molecule has 1 N–H and O–H groups in total. The van der Waals surface area contributed by atoms with E-state index in [-0.39, 0.29) is 28.7 Å². The Hall–Kier alpha value is -2.10. The number of aryl methyl sites for hydroxylation is 1. The normalized spacial score (nSPS) is 18.2. The molecule has 0 saturated carbocycles. The van der Waals surface area contributed by atoms with Crippen LogP contribution in [0.15, 0.2) is 47.4 Å². The highest BCUT2D eigenvalue weighted by molar-refractivity contribution is 7.89. The summed E-state index contributed by atoms with van der Waals surface area (Å²) in [5.41, 5.74) is -0.174. The zero-order chi connectivity index (χ0) is 22.1. The number of benzene rings is 2. The fraction of sp³-hybridized carbons (Fsp3) is 0.350. The molecule has 1 amide bonds. The minimum Gasteiger partial charge on any atom is -0.324 e. The van der Waals surface area contributed by atoms with Crippen LogP contribution in [0.1, 0.15) is 24.0 Å². The second-order valence-corrected chi connectivity index (χ2v) is 9.54. The lowest BCUT2D eigenvalue weighted by atomic mass is 9.98. The maximum Gasteiger partial charge on any atom is 0.416 e. The number of amides is 1. The third-order valence-corrected chi connectivity index (χ3v) is 7.17. The number of nitrogens with one attached hydrogen (secondary N) is 1. The van der Waals surface area contributed by atoms with Gasteiger partial charge in [0, 0.05) is 13.1 Å². The van der Waals surface area contributed by atoms with E-state index in [2.05, 4.69) is 5.32 Å². The molecular weight excluding hydrogens is 441 g/mol. The lowest BCUT2D eigenvalue weighted by molar-refractivity contribution is -0.137. The highest BCUT2D eigenvalue weighted by Crippen LogP contribution is 2.34. The van der Waals surface area contributed by atoms with E-state index < -0.39 is 33.6 Å². The van der Waals surface area contributed by atoms with Crippen LogP contribution in [0.2, 0.25) is 5.02 Å². The van der Waals surface area contributed by atoms with Crippen molar-refractivity contribution in [1.29, 1.82) is 0 Å². The first kappa shape index (κ1) is 22.6. The van der Waals surface area contributed by atoms with Crippen LogP contribution in [0.5, 0.6) is 0 Å². The van der Waals surface area contributed by atoms with Crippen LogP contribution in [0.25, 0.3) is 0 Å². The van der Waals surface area contributed by atoms with Crippen LogP contribution in [0, 0.1) is 12.8 Å². The van der Waals surface area contributed by atoms with Crippen molar-refractivity contribution in [2.45, 2.75) is 30.8 Å². The summed E-state index contributed by atoms with van der Waals surface area (Å²) >= 11 is 5.93. The van der Waals surface area contributed by atoms with Crippen LogP contribution in [0.3, 0.4) is 0 Å². The number of hydrogen-bond acceptors (Lipinski definition) is 3. The molecule has 30 heavy (non-hydrogen) atoms. The number of hydrogen-bond donors (Lipinski definition) is 1. The maximum atomic E-state index is 12.9. The van der Waals surface area contributed by atoms with Gasteiger partial charge in [-0.2, -0.15) is 17.5 Å². The highest BCUT2D eigenvalue weighted by Gasteiger charge is 2.34. The number of rotatable bonds is 4. The van der Waals surface area contributed by atoms with E-state index in [0.29, 0.717) is 12.8 Å². The van der Waals surface area contributed by atoms with E-state index in [9.17, 15) is 26.4 Å². The van der Waals surface area contributed by atoms with Gasteiger partial charge in [0.2, 0.25) is 15.9 Å². The average Bonchev–Trinajstić information content (AvgIpc) is 2.69. The second-order valence-electron chi connectivity index (χ2n) is 7.20. The molecule has 0 spiro atoms. The molecule has 0 aromatic heterocycles. The Balaban J connectivity index is 1.76. The van der Waals surface area contributed by atoms with Gasteiger partial charge in [-0.1, -0.05) is 29.3 Å². The predicted molar refractivity (Wildman–Crippen MR) is 108 cm³/mol. The Bertz CT molecular complexity index is 1040. The monoisotopic (exact) mass is 460 g/mol. The number of nitrogens with zero attached hydrogens (tertiary/aromatic N) is 1. The smallest absolute Gasteiger partial charge is 0.324 e. The summed E-state index contributed by atoms with van der Waals surface area (Å²) in [6, 6.07) is 9.06. The Labute approximate surface area is 177 Å². The largest absolute Gasteiger partial charge is 0.416 e. The summed E-state index contributed by atoms with van der Waals surface area (Å²) in [5, 5.41) is 2.39. The Morgan fingerprint density at radius 2 is 1.83 bits per heavy atom. The first-order valence-electron chi connectivity index (χ1n) is 9.23. The van der Waals surface area contributed by atoms with Gasteiger partial charge in [-0.3, -0.25) is 4.79 Å². The van der Waals surface area contributed by atoms with Crippen molar-refractivity contribution < 1.29 is 26.4 Å². The fourth-order valence-corrected chi connectivity index (χ4v) is 4.95. The molecule has 3 rings (SSSR count). The molecule has 1 atom stereocenters. The lowest BCUT2D eigenvalue weighted by Gasteiger charge is -2.31. The van der Waals surface area contributed by atoms with Crippen molar-refractivity contribution in [3.63, 3.8) is 0 Å². The lowest BCUT2D eigenvalue weighted by Crippen LogP contribution is -2.43. The molecule has 10 heteroatoms. The first-order valence-corrected chi connectivity index (χ1v) is 11.0. The Kier molecular flexibility index (Phi) is 6.45. The van der Waals surface area contributed by atoms with Gasteiger partial charge in [0.25, 0.3) is 0 Å². The molecule has 1 aliphatic heterocycles. The van der Waals surface area contributed by atoms with Crippen molar-refractivity contribution in [3.8, 4) is 0 Å². The number of piperidine rings is 1. The van der Waals surface area contributed by atoms with Gasteiger partial charge < -0.3 is 5.32 Å². The summed E-state index contributed by atoms with van der Waals surface area (Å²) < 4.78 is 65.8. The number of carbonyl (C=O) groups excluding carboxylic acids is 1. The quantitative estimate of drug-likeness (QED) is 0.718. The average molecular weight is 461 g/mol. The molecule has 0 radical (unpaired) electrons. The standard InChI is InChI=1S/C20H20ClF3N2O3S/c1-13-4-7-16(8-5-13)30(28,29)26-10-2-3-14(12-26)19(27)25-18-11-15(20(22,23)24)6-9-17(18)21/h4-9,11,14H,2-3,10,12H2,1H3,(H,25,27)/t14-/m0/s1. The minimum absolute atomic E-state index is 0.0312. The second kappa shape index (κ2) is 8.56. The number of anilines is 1. The van der Waals surface area contributed by atoms with Gasteiger partial charge >= 0.3 is 6.18 Å². The van der Waals surface area contributed by atoms with E-state index >= 15 is 0 Å². The summed E-state index contributed by atoms with van der Waals surface area (Å²) in [5.74, 6) is -1.27. The molecule has 162 valence electrons. The summed E-state index contributed by atoms with van der Waals surface area (Å²) in [4.78, 5) is 12.8. The van der Waals surface area contributed by atoms with Gasteiger partial charge in [0.1, 0.15) is 0 Å². The highest BCUT2D eigenvalue weighted by atomic mass is 35.5. The van der Waals surface area contributed by atoms with Crippen LogP contribution < -0.4 is 5.32 Å².